The number of carbonyl (C=O) groups is 1. The number of aliphatic carboxylic acids is 1. The molecule has 0 aliphatic carbocycles. The smallest absolute Gasteiger partial charge is 0.303 e. The molecular formula is C9H16N4O4S. The minimum Gasteiger partial charge on any atom is -0.481 e. The first-order valence-corrected chi connectivity index (χ1v) is 7.18. The van der Waals surface area contributed by atoms with Gasteiger partial charge in [0.15, 0.2) is 0 Å². The van der Waals surface area contributed by atoms with Gasteiger partial charge in [0, 0.05) is 19.4 Å². The lowest BCUT2D eigenvalue weighted by atomic mass is 10.3. The molecule has 1 aromatic heterocycles. The predicted molar refractivity (Wildman–Crippen MR) is 63.4 cm³/mol. The summed E-state index contributed by atoms with van der Waals surface area (Å²) in [5, 5.41) is 14.8. The summed E-state index contributed by atoms with van der Waals surface area (Å²) in [6.45, 7) is 0.302. The molecule has 0 amide bonds. The van der Waals surface area contributed by atoms with Crippen molar-refractivity contribution < 1.29 is 18.3 Å². The number of nitrogens with zero attached hydrogens (tertiary/aromatic N) is 2. The largest absolute Gasteiger partial charge is 0.481 e. The molecule has 1 rings (SSSR count). The molecule has 0 spiro atoms. The van der Waals surface area contributed by atoms with Gasteiger partial charge in [0.2, 0.25) is 10.0 Å². The van der Waals surface area contributed by atoms with Crippen LogP contribution >= 0.6 is 0 Å². The summed E-state index contributed by atoms with van der Waals surface area (Å²) in [5.74, 6) is -0.447. The fourth-order valence-electron chi connectivity index (χ4n) is 1.32. The van der Waals surface area contributed by atoms with Gasteiger partial charge in [-0.2, -0.15) is 5.10 Å². The van der Waals surface area contributed by atoms with Crippen LogP contribution in [0.1, 0.15) is 25.1 Å². The van der Waals surface area contributed by atoms with Crippen molar-refractivity contribution in [2.45, 2.75) is 25.7 Å². The second kappa shape index (κ2) is 7.07. The fourth-order valence-corrected chi connectivity index (χ4v) is 2.44. The Morgan fingerprint density at radius 3 is 2.83 bits per heavy atom. The Morgan fingerprint density at radius 1 is 1.44 bits per heavy atom. The van der Waals surface area contributed by atoms with E-state index in [1.165, 1.54) is 6.33 Å². The first-order valence-electron chi connectivity index (χ1n) is 5.53. The summed E-state index contributed by atoms with van der Waals surface area (Å²) in [5.41, 5.74) is 0. The zero-order valence-corrected chi connectivity index (χ0v) is 10.6. The van der Waals surface area contributed by atoms with Crippen LogP contribution < -0.4 is 4.72 Å². The van der Waals surface area contributed by atoms with Gasteiger partial charge in [0.1, 0.15) is 12.2 Å². The maximum Gasteiger partial charge on any atom is 0.303 e. The van der Waals surface area contributed by atoms with E-state index in [1.807, 2.05) is 0 Å². The van der Waals surface area contributed by atoms with Crippen molar-refractivity contribution in [2.75, 3.05) is 12.3 Å². The van der Waals surface area contributed by atoms with E-state index >= 15 is 0 Å². The third kappa shape index (κ3) is 6.30. The van der Waals surface area contributed by atoms with E-state index in [1.54, 1.807) is 0 Å². The number of carboxylic acids is 1. The SMILES string of the molecule is O=C(O)CCCS(=O)(=O)NCCCc1ncn[nH]1. The van der Waals surface area contributed by atoms with E-state index in [9.17, 15) is 13.2 Å². The number of carboxylic acid groups (broad SMARTS) is 1. The second-order valence-corrected chi connectivity index (χ2v) is 5.67. The van der Waals surface area contributed by atoms with E-state index in [2.05, 4.69) is 19.9 Å². The number of hydrogen-bond acceptors (Lipinski definition) is 5. The average Bonchev–Trinajstić information content (AvgIpc) is 2.76. The van der Waals surface area contributed by atoms with E-state index in [4.69, 9.17) is 5.11 Å². The number of aryl methyl sites for hydroxylation is 1. The van der Waals surface area contributed by atoms with Gasteiger partial charge >= 0.3 is 5.97 Å². The quantitative estimate of drug-likeness (QED) is 0.523. The minimum absolute atomic E-state index is 0.118. The number of sulfonamides is 1. The molecule has 0 aliphatic rings. The second-order valence-electron chi connectivity index (χ2n) is 3.75. The Hall–Kier alpha value is -1.48. The molecule has 0 fully saturated rings. The number of aromatic amines is 1. The molecular weight excluding hydrogens is 260 g/mol. The highest BCUT2D eigenvalue weighted by Crippen LogP contribution is 1.96. The van der Waals surface area contributed by atoms with E-state index in [-0.39, 0.29) is 18.6 Å². The minimum atomic E-state index is -3.38. The average molecular weight is 276 g/mol. The van der Waals surface area contributed by atoms with Crippen molar-refractivity contribution in [3.05, 3.63) is 12.2 Å². The van der Waals surface area contributed by atoms with Gasteiger partial charge in [0.25, 0.3) is 0 Å². The number of nitrogens with one attached hydrogen (secondary N) is 2. The lowest BCUT2D eigenvalue weighted by Crippen LogP contribution is -2.28. The summed E-state index contributed by atoms with van der Waals surface area (Å²) >= 11 is 0. The number of hydrogen-bond donors (Lipinski definition) is 3. The fraction of sp³-hybridized carbons (Fsp3) is 0.667. The molecule has 0 atom stereocenters. The molecule has 3 N–H and O–H groups in total. The summed E-state index contributed by atoms with van der Waals surface area (Å²) in [6, 6.07) is 0. The van der Waals surface area contributed by atoms with Crippen molar-refractivity contribution >= 4 is 16.0 Å². The van der Waals surface area contributed by atoms with Gasteiger partial charge in [-0.3, -0.25) is 9.89 Å². The first-order chi connectivity index (χ1) is 8.49. The van der Waals surface area contributed by atoms with Crippen LogP contribution in [-0.2, 0) is 21.2 Å². The zero-order valence-electron chi connectivity index (χ0n) is 9.79. The van der Waals surface area contributed by atoms with Gasteiger partial charge in [-0.1, -0.05) is 0 Å². The predicted octanol–water partition coefficient (Wildman–Crippen LogP) is -0.478. The maximum atomic E-state index is 11.4. The van der Waals surface area contributed by atoms with Gasteiger partial charge in [-0.15, -0.1) is 0 Å². The van der Waals surface area contributed by atoms with E-state index in [0.29, 0.717) is 25.2 Å². The van der Waals surface area contributed by atoms with Gasteiger partial charge in [0.05, 0.1) is 5.75 Å². The highest BCUT2D eigenvalue weighted by Gasteiger charge is 2.10. The Morgan fingerprint density at radius 2 is 2.22 bits per heavy atom. The Kier molecular flexibility index (Phi) is 5.72. The lowest BCUT2D eigenvalue weighted by molar-refractivity contribution is -0.137. The molecule has 0 saturated heterocycles. The highest BCUT2D eigenvalue weighted by molar-refractivity contribution is 7.89. The maximum absolute atomic E-state index is 11.4. The molecule has 102 valence electrons. The Labute approximate surface area is 105 Å². The summed E-state index contributed by atoms with van der Waals surface area (Å²) < 4.78 is 25.3. The van der Waals surface area contributed by atoms with E-state index in [0.717, 1.165) is 0 Å². The normalized spacial score (nSPS) is 11.6. The Balaban J connectivity index is 2.15. The van der Waals surface area contributed by atoms with Gasteiger partial charge in [-0.25, -0.2) is 18.1 Å². The molecule has 0 unspecified atom stereocenters. The standard InChI is InChI=1S/C9H16N4O4S/c14-9(15)4-2-6-18(16,17)12-5-1-3-8-10-7-11-13-8/h7,12H,1-6H2,(H,14,15)(H,10,11,13). The summed E-state index contributed by atoms with van der Waals surface area (Å²) in [6.07, 6.45) is 2.59. The van der Waals surface area contributed by atoms with Crippen LogP contribution in [-0.4, -0.2) is 47.0 Å². The van der Waals surface area contributed by atoms with E-state index < -0.39 is 16.0 Å². The molecule has 0 aromatic carbocycles. The lowest BCUT2D eigenvalue weighted by Gasteiger charge is -2.05. The van der Waals surface area contributed by atoms with Crippen LogP contribution in [0.2, 0.25) is 0 Å². The third-order valence-electron chi connectivity index (χ3n) is 2.18. The molecule has 1 heterocycles. The zero-order chi connectivity index (χ0) is 13.4. The molecule has 0 saturated carbocycles. The summed E-state index contributed by atoms with van der Waals surface area (Å²) in [4.78, 5) is 14.2. The van der Waals surface area contributed by atoms with Crippen LogP contribution in [0.25, 0.3) is 0 Å². The van der Waals surface area contributed by atoms with Crippen LogP contribution in [0.15, 0.2) is 6.33 Å². The molecule has 9 heteroatoms. The van der Waals surface area contributed by atoms with Crippen LogP contribution in [0.4, 0.5) is 0 Å². The van der Waals surface area contributed by atoms with Crippen molar-refractivity contribution in [3.63, 3.8) is 0 Å². The molecule has 1 aromatic rings. The van der Waals surface area contributed by atoms with Crippen molar-refractivity contribution in [1.29, 1.82) is 0 Å². The van der Waals surface area contributed by atoms with Crippen LogP contribution in [0.3, 0.4) is 0 Å². The van der Waals surface area contributed by atoms with Crippen molar-refractivity contribution in [3.8, 4) is 0 Å². The Bertz CT molecular complexity index is 457. The molecule has 0 bridgehead atoms. The first kappa shape index (κ1) is 14.6. The number of H-pyrrole nitrogens is 1. The number of rotatable bonds is 9. The van der Waals surface area contributed by atoms with Crippen LogP contribution in [0.5, 0.6) is 0 Å². The van der Waals surface area contributed by atoms with Gasteiger partial charge < -0.3 is 5.11 Å². The third-order valence-corrected chi connectivity index (χ3v) is 3.65. The molecule has 0 radical (unpaired) electrons. The number of aromatic nitrogens is 3. The monoisotopic (exact) mass is 276 g/mol. The topological polar surface area (TPSA) is 125 Å². The van der Waals surface area contributed by atoms with Crippen molar-refractivity contribution in [2.24, 2.45) is 0 Å². The van der Waals surface area contributed by atoms with Gasteiger partial charge in [-0.05, 0) is 12.8 Å². The highest BCUT2D eigenvalue weighted by atomic mass is 32.2. The summed E-state index contributed by atoms with van der Waals surface area (Å²) in [7, 11) is -3.38. The van der Waals surface area contributed by atoms with Crippen molar-refractivity contribution in [1.82, 2.24) is 19.9 Å². The molecule has 8 nitrogen and oxygen atoms in total. The molecule has 18 heavy (non-hydrogen) atoms. The van der Waals surface area contributed by atoms with Crippen LogP contribution in [0, 0.1) is 0 Å². The molecule has 0 aliphatic heterocycles.